The van der Waals surface area contributed by atoms with Gasteiger partial charge in [-0.1, -0.05) is 0 Å². The van der Waals surface area contributed by atoms with Gasteiger partial charge in [-0.15, -0.1) is 0 Å². The van der Waals surface area contributed by atoms with E-state index in [9.17, 15) is 9.18 Å². The van der Waals surface area contributed by atoms with E-state index in [0.29, 0.717) is 42.3 Å². The van der Waals surface area contributed by atoms with Gasteiger partial charge in [-0.05, 0) is 25.0 Å². The van der Waals surface area contributed by atoms with Crippen LogP contribution in [0.25, 0.3) is 0 Å². The lowest BCUT2D eigenvalue weighted by molar-refractivity contribution is 0.100. The van der Waals surface area contributed by atoms with Crippen LogP contribution in [-0.4, -0.2) is 47.7 Å². The average molecular weight is 381 g/mol. The minimum Gasteiger partial charge on any atom is -0.378 e. The number of amides is 1. The number of nitriles is 1. The van der Waals surface area contributed by atoms with E-state index in [1.807, 2.05) is 11.0 Å². The van der Waals surface area contributed by atoms with Crippen molar-refractivity contribution in [2.24, 2.45) is 5.73 Å². The first-order valence-electron chi connectivity index (χ1n) is 9.14. The maximum atomic E-state index is 15.0. The Balaban J connectivity index is 1.51. The lowest BCUT2D eigenvalue weighted by atomic mass is 10.00. The second kappa shape index (κ2) is 7.31. The molecule has 4 rings (SSSR count). The highest BCUT2D eigenvalue weighted by molar-refractivity contribution is 6.00. The summed E-state index contributed by atoms with van der Waals surface area (Å²) in [4.78, 5) is 22.2. The van der Waals surface area contributed by atoms with E-state index in [0.717, 1.165) is 12.1 Å². The molecule has 0 bridgehead atoms. The van der Waals surface area contributed by atoms with Crippen molar-refractivity contribution in [3.63, 3.8) is 0 Å². The number of anilines is 3. The Kier molecular flexibility index (Phi) is 4.69. The van der Waals surface area contributed by atoms with Gasteiger partial charge in [-0.25, -0.2) is 14.4 Å². The first-order chi connectivity index (χ1) is 13.6. The number of carbonyl (C=O) groups excluding carboxylic acids is 1. The van der Waals surface area contributed by atoms with E-state index in [1.54, 1.807) is 12.1 Å². The molecule has 1 amide bonds. The fourth-order valence-electron chi connectivity index (χ4n) is 3.71. The molecule has 8 nitrogen and oxygen atoms in total. The Morgan fingerprint density at radius 1 is 1.39 bits per heavy atom. The molecule has 2 aliphatic rings. The lowest BCUT2D eigenvalue weighted by Crippen LogP contribution is -2.48. The van der Waals surface area contributed by atoms with E-state index in [4.69, 9.17) is 11.0 Å². The van der Waals surface area contributed by atoms with Crippen molar-refractivity contribution in [2.75, 3.05) is 35.2 Å². The topological polar surface area (TPSA) is 120 Å². The van der Waals surface area contributed by atoms with Gasteiger partial charge in [-0.2, -0.15) is 5.26 Å². The number of aromatic nitrogens is 2. The number of carbonyl (C=O) groups is 1. The number of fused-ring (bicyclic) bond motifs is 1. The summed E-state index contributed by atoms with van der Waals surface area (Å²) in [5.74, 6) is 0.772. The standard InChI is InChI=1S/C19H20FN7O/c20-14-10-27(16-2-1-11(7-21)8-24-16)6-4-15(14)26-17-12-3-5-23-19(12)25-9-13(17)18(22)28/h1-2,8-9,14-15H,3-6,10H2,(H2,22,28)(H2,23,25,26)/t14-,15+/m0/s1. The summed E-state index contributed by atoms with van der Waals surface area (Å²) in [5.41, 5.74) is 7.71. The van der Waals surface area contributed by atoms with Gasteiger partial charge in [0.15, 0.2) is 0 Å². The van der Waals surface area contributed by atoms with Gasteiger partial charge >= 0.3 is 0 Å². The van der Waals surface area contributed by atoms with Gasteiger partial charge in [0.2, 0.25) is 0 Å². The van der Waals surface area contributed by atoms with Crippen LogP contribution in [-0.2, 0) is 6.42 Å². The van der Waals surface area contributed by atoms with E-state index >= 15 is 0 Å². The molecule has 0 unspecified atom stereocenters. The van der Waals surface area contributed by atoms with Crippen molar-refractivity contribution < 1.29 is 9.18 Å². The third-order valence-electron chi connectivity index (χ3n) is 5.18. The number of nitrogens with two attached hydrogens (primary N) is 1. The Morgan fingerprint density at radius 3 is 2.93 bits per heavy atom. The second-order valence-electron chi connectivity index (χ2n) is 6.93. The van der Waals surface area contributed by atoms with Crippen LogP contribution >= 0.6 is 0 Å². The Morgan fingerprint density at radius 2 is 2.25 bits per heavy atom. The van der Waals surface area contributed by atoms with Crippen LogP contribution in [0.1, 0.15) is 27.9 Å². The number of hydrogen-bond donors (Lipinski definition) is 3. The summed E-state index contributed by atoms with van der Waals surface area (Å²) in [6, 6.07) is 4.98. The van der Waals surface area contributed by atoms with Crippen LogP contribution < -0.4 is 21.3 Å². The smallest absolute Gasteiger partial charge is 0.252 e. The highest BCUT2D eigenvalue weighted by atomic mass is 19.1. The fraction of sp³-hybridized carbons (Fsp3) is 0.368. The molecule has 1 fully saturated rings. The molecular weight excluding hydrogens is 361 g/mol. The highest BCUT2D eigenvalue weighted by Gasteiger charge is 2.32. The van der Waals surface area contributed by atoms with Crippen molar-refractivity contribution >= 4 is 23.2 Å². The summed E-state index contributed by atoms with van der Waals surface area (Å²) in [5, 5.41) is 15.3. The van der Waals surface area contributed by atoms with Crippen molar-refractivity contribution in [1.82, 2.24) is 9.97 Å². The maximum Gasteiger partial charge on any atom is 0.252 e. The molecule has 2 aliphatic heterocycles. The molecule has 0 spiro atoms. The van der Waals surface area contributed by atoms with Gasteiger partial charge in [0.05, 0.1) is 29.4 Å². The molecule has 28 heavy (non-hydrogen) atoms. The Labute approximate surface area is 161 Å². The van der Waals surface area contributed by atoms with E-state index < -0.39 is 18.1 Å². The predicted octanol–water partition coefficient (Wildman–Crippen LogP) is 1.44. The Hall–Kier alpha value is -3.41. The van der Waals surface area contributed by atoms with Gasteiger partial charge in [0.25, 0.3) is 5.91 Å². The van der Waals surface area contributed by atoms with Gasteiger partial charge < -0.3 is 21.3 Å². The molecule has 0 aliphatic carbocycles. The number of nitrogens with zero attached hydrogens (tertiary/aromatic N) is 4. The SMILES string of the molecule is N#Cc1ccc(N2CC[C@@H](Nc3c(C(N)=O)cnc4c3CCN4)[C@@H](F)C2)nc1. The molecule has 4 N–H and O–H groups in total. The molecule has 2 aromatic heterocycles. The normalized spacial score (nSPS) is 20.8. The molecule has 0 saturated carbocycles. The number of nitrogens with one attached hydrogen (secondary N) is 2. The van der Waals surface area contributed by atoms with E-state index in [1.165, 1.54) is 12.4 Å². The average Bonchev–Trinajstić information content (AvgIpc) is 3.18. The van der Waals surface area contributed by atoms with Gasteiger partial charge in [0, 0.05) is 31.0 Å². The third kappa shape index (κ3) is 3.29. The quantitative estimate of drug-likeness (QED) is 0.733. The summed E-state index contributed by atoms with van der Waals surface area (Å²) in [6.45, 7) is 1.50. The predicted molar refractivity (Wildman–Crippen MR) is 103 cm³/mol. The molecule has 0 aromatic carbocycles. The number of primary amides is 1. The summed E-state index contributed by atoms with van der Waals surface area (Å²) < 4.78 is 15.0. The number of piperidine rings is 1. The fourth-order valence-corrected chi connectivity index (χ4v) is 3.71. The highest BCUT2D eigenvalue weighted by Crippen LogP contribution is 2.32. The van der Waals surface area contributed by atoms with Crippen molar-refractivity contribution in [3.8, 4) is 6.07 Å². The van der Waals surface area contributed by atoms with Crippen LogP contribution in [0, 0.1) is 11.3 Å². The zero-order chi connectivity index (χ0) is 19.7. The van der Waals surface area contributed by atoms with Crippen molar-refractivity contribution in [1.29, 1.82) is 5.26 Å². The zero-order valence-electron chi connectivity index (χ0n) is 15.2. The van der Waals surface area contributed by atoms with Crippen molar-refractivity contribution in [3.05, 3.63) is 41.2 Å². The number of halogens is 1. The van der Waals surface area contributed by atoms with E-state index in [2.05, 4.69) is 20.6 Å². The molecule has 9 heteroatoms. The first kappa shape index (κ1) is 18.0. The van der Waals surface area contributed by atoms with Crippen molar-refractivity contribution in [2.45, 2.75) is 25.1 Å². The lowest BCUT2D eigenvalue weighted by Gasteiger charge is -2.36. The van der Waals surface area contributed by atoms with Gasteiger partial charge in [0.1, 0.15) is 23.9 Å². The number of alkyl halides is 1. The number of rotatable bonds is 4. The molecule has 4 heterocycles. The minimum atomic E-state index is -1.16. The number of pyridine rings is 2. The van der Waals surface area contributed by atoms with Crippen LogP contribution in [0.5, 0.6) is 0 Å². The van der Waals surface area contributed by atoms with Crippen LogP contribution in [0.15, 0.2) is 24.5 Å². The largest absolute Gasteiger partial charge is 0.378 e. The van der Waals surface area contributed by atoms with Crippen LogP contribution in [0.4, 0.5) is 21.7 Å². The molecule has 2 aromatic rings. The summed E-state index contributed by atoms with van der Waals surface area (Å²) in [7, 11) is 0. The zero-order valence-corrected chi connectivity index (χ0v) is 15.2. The molecule has 2 atom stereocenters. The summed E-state index contributed by atoms with van der Waals surface area (Å²) in [6.07, 6.45) is 3.00. The van der Waals surface area contributed by atoms with Gasteiger partial charge in [-0.3, -0.25) is 4.79 Å². The Bertz CT molecular complexity index is 941. The van der Waals surface area contributed by atoms with Crippen LogP contribution in [0.2, 0.25) is 0 Å². The molecule has 144 valence electrons. The third-order valence-corrected chi connectivity index (χ3v) is 5.18. The summed E-state index contributed by atoms with van der Waals surface area (Å²) >= 11 is 0. The van der Waals surface area contributed by atoms with E-state index in [-0.39, 0.29) is 12.1 Å². The maximum absolute atomic E-state index is 15.0. The minimum absolute atomic E-state index is 0.175. The van der Waals surface area contributed by atoms with Crippen LogP contribution in [0.3, 0.4) is 0 Å². The molecular formula is C19H20FN7O. The monoisotopic (exact) mass is 381 g/mol. The second-order valence-corrected chi connectivity index (χ2v) is 6.93. The molecule has 0 radical (unpaired) electrons. The first-order valence-corrected chi connectivity index (χ1v) is 9.14. The number of hydrogen-bond acceptors (Lipinski definition) is 7. The molecule has 1 saturated heterocycles.